The number of hydrogen-bond acceptors (Lipinski definition) is 7. The molecule has 3 atom stereocenters. The number of benzene rings is 1. The summed E-state index contributed by atoms with van der Waals surface area (Å²) in [4.78, 5) is 11.0. The molecule has 172 valence electrons. The Morgan fingerprint density at radius 2 is 1.97 bits per heavy atom. The van der Waals surface area contributed by atoms with E-state index in [4.69, 9.17) is 14.2 Å². The molecule has 0 bridgehead atoms. The van der Waals surface area contributed by atoms with Crippen LogP contribution >= 0.6 is 0 Å². The lowest BCUT2D eigenvalue weighted by molar-refractivity contribution is -0.00974. The minimum absolute atomic E-state index is 0.123. The average Bonchev–Trinajstić information content (AvgIpc) is 3.50. The van der Waals surface area contributed by atoms with Gasteiger partial charge in [0.2, 0.25) is 5.88 Å². The average molecular weight is 440 g/mol. The highest BCUT2D eigenvalue weighted by molar-refractivity contribution is 5.45. The lowest BCUT2D eigenvalue weighted by atomic mass is 9.83. The molecular weight excluding hydrogens is 406 g/mol. The van der Waals surface area contributed by atoms with E-state index in [9.17, 15) is 5.11 Å². The lowest BCUT2D eigenvalue weighted by Crippen LogP contribution is -2.35. The number of aryl methyl sites for hydroxylation is 2. The van der Waals surface area contributed by atoms with Gasteiger partial charge in [0, 0.05) is 37.3 Å². The van der Waals surface area contributed by atoms with Gasteiger partial charge in [-0.1, -0.05) is 6.07 Å². The summed E-state index contributed by atoms with van der Waals surface area (Å²) in [5.74, 6) is 1.98. The van der Waals surface area contributed by atoms with Crippen molar-refractivity contribution in [2.75, 3.05) is 33.9 Å². The first-order valence-electron chi connectivity index (χ1n) is 11.7. The first-order valence-corrected chi connectivity index (χ1v) is 11.7. The van der Waals surface area contributed by atoms with Crippen LogP contribution in [0, 0.1) is 11.8 Å². The Balaban J connectivity index is 1.38. The molecule has 0 unspecified atom stereocenters. The maximum Gasteiger partial charge on any atom is 0.319 e. The van der Waals surface area contributed by atoms with Crippen LogP contribution in [0.3, 0.4) is 0 Å². The van der Waals surface area contributed by atoms with Crippen LogP contribution in [0.15, 0.2) is 18.3 Å². The molecule has 7 heteroatoms. The van der Waals surface area contributed by atoms with Crippen molar-refractivity contribution in [1.29, 1.82) is 0 Å². The van der Waals surface area contributed by atoms with Gasteiger partial charge in [-0.2, -0.15) is 4.98 Å². The van der Waals surface area contributed by atoms with Gasteiger partial charge in [0.05, 0.1) is 26.4 Å². The number of rotatable bonds is 7. The SMILES string of the molecule is CCOc1cc2c(cc1CN1C[C@@H]3CC[C@@](O)(c4cnc(OC)nc4OC)[C@@H]3C1)CCC2. The van der Waals surface area contributed by atoms with Crippen molar-refractivity contribution in [3.8, 4) is 17.6 Å². The maximum atomic E-state index is 11.8. The zero-order chi connectivity index (χ0) is 22.3. The van der Waals surface area contributed by atoms with Crippen LogP contribution in [0.25, 0.3) is 0 Å². The van der Waals surface area contributed by atoms with Crippen molar-refractivity contribution < 1.29 is 19.3 Å². The van der Waals surface area contributed by atoms with Gasteiger partial charge < -0.3 is 19.3 Å². The Bertz CT molecular complexity index is 997. The van der Waals surface area contributed by atoms with Gasteiger partial charge in [-0.3, -0.25) is 4.90 Å². The van der Waals surface area contributed by atoms with Crippen molar-refractivity contribution in [1.82, 2.24) is 14.9 Å². The number of aliphatic hydroxyl groups is 1. The molecule has 2 aromatic rings. The lowest BCUT2D eigenvalue weighted by Gasteiger charge is -2.31. The molecule has 0 radical (unpaired) electrons. The molecule has 1 aromatic heterocycles. The second-order valence-electron chi connectivity index (χ2n) is 9.32. The minimum Gasteiger partial charge on any atom is -0.494 e. The van der Waals surface area contributed by atoms with Crippen LogP contribution in [0.4, 0.5) is 0 Å². The van der Waals surface area contributed by atoms with E-state index in [2.05, 4.69) is 27.0 Å². The Kier molecular flexibility index (Phi) is 5.72. The van der Waals surface area contributed by atoms with Gasteiger partial charge in [0.1, 0.15) is 11.4 Å². The molecular formula is C25H33N3O4. The summed E-state index contributed by atoms with van der Waals surface area (Å²) in [5.41, 5.74) is 3.86. The quantitative estimate of drug-likeness (QED) is 0.710. The molecule has 1 aliphatic heterocycles. The minimum atomic E-state index is -0.988. The highest BCUT2D eigenvalue weighted by atomic mass is 16.5. The third kappa shape index (κ3) is 3.61. The van der Waals surface area contributed by atoms with Gasteiger partial charge in [-0.05, 0) is 62.1 Å². The van der Waals surface area contributed by atoms with Crippen molar-refractivity contribution in [3.05, 3.63) is 40.6 Å². The van der Waals surface area contributed by atoms with Crippen molar-refractivity contribution in [3.63, 3.8) is 0 Å². The third-order valence-corrected chi connectivity index (χ3v) is 7.57. The monoisotopic (exact) mass is 439 g/mol. The van der Waals surface area contributed by atoms with Crippen molar-refractivity contribution in [2.24, 2.45) is 11.8 Å². The molecule has 2 heterocycles. The molecule has 5 rings (SSSR count). The van der Waals surface area contributed by atoms with Gasteiger partial charge in [0.15, 0.2) is 0 Å². The maximum absolute atomic E-state index is 11.8. The van der Waals surface area contributed by atoms with E-state index in [-0.39, 0.29) is 11.9 Å². The summed E-state index contributed by atoms with van der Waals surface area (Å²) < 4.78 is 16.6. The Morgan fingerprint density at radius 3 is 2.72 bits per heavy atom. The second-order valence-corrected chi connectivity index (χ2v) is 9.32. The summed E-state index contributed by atoms with van der Waals surface area (Å²) in [6.45, 7) is 5.38. The van der Waals surface area contributed by atoms with Gasteiger partial charge in [0.25, 0.3) is 0 Å². The topological polar surface area (TPSA) is 76.9 Å². The van der Waals surface area contributed by atoms with E-state index < -0.39 is 5.60 Å². The first kappa shape index (κ1) is 21.5. The van der Waals surface area contributed by atoms with E-state index in [0.717, 1.165) is 44.6 Å². The van der Waals surface area contributed by atoms with Gasteiger partial charge >= 0.3 is 6.01 Å². The number of fused-ring (bicyclic) bond motifs is 2. The van der Waals surface area contributed by atoms with E-state index in [1.165, 1.54) is 30.2 Å². The van der Waals surface area contributed by atoms with Crippen LogP contribution in [0.5, 0.6) is 17.6 Å². The third-order valence-electron chi connectivity index (χ3n) is 7.57. The van der Waals surface area contributed by atoms with Crippen LogP contribution in [0.1, 0.15) is 48.4 Å². The summed E-state index contributed by atoms with van der Waals surface area (Å²) >= 11 is 0. The number of nitrogens with zero attached hydrogens (tertiary/aromatic N) is 3. The summed E-state index contributed by atoms with van der Waals surface area (Å²) in [5, 5.41) is 11.8. The molecule has 3 aliphatic rings. The molecule has 1 saturated carbocycles. The molecule has 2 fully saturated rings. The van der Waals surface area contributed by atoms with Crippen LogP contribution < -0.4 is 14.2 Å². The highest BCUT2D eigenvalue weighted by Crippen LogP contribution is 2.52. The van der Waals surface area contributed by atoms with Crippen molar-refractivity contribution in [2.45, 2.75) is 51.2 Å². The zero-order valence-corrected chi connectivity index (χ0v) is 19.3. The zero-order valence-electron chi connectivity index (χ0n) is 19.3. The number of hydrogen-bond donors (Lipinski definition) is 1. The second kappa shape index (κ2) is 8.52. The van der Waals surface area contributed by atoms with Crippen molar-refractivity contribution >= 4 is 0 Å². The molecule has 32 heavy (non-hydrogen) atoms. The summed E-state index contributed by atoms with van der Waals surface area (Å²) in [6.07, 6.45) is 6.90. The van der Waals surface area contributed by atoms with E-state index in [0.29, 0.717) is 30.4 Å². The highest BCUT2D eigenvalue weighted by Gasteiger charge is 2.54. The molecule has 7 nitrogen and oxygen atoms in total. The Morgan fingerprint density at radius 1 is 1.16 bits per heavy atom. The Labute approximate surface area is 189 Å². The van der Waals surface area contributed by atoms with Crippen LogP contribution in [-0.4, -0.2) is 53.9 Å². The number of ether oxygens (including phenoxy) is 3. The smallest absolute Gasteiger partial charge is 0.319 e. The predicted octanol–water partition coefficient (Wildman–Crippen LogP) is 3.11. The number of aromatic nitrogens is 2. The molecule has 1 N–H and O–H groups in total. The normalized spacial score (nSPS) is 26.8. The van der Waals surface area contributed by atoms with E-state index >= 15 is 0 Å². The van der Waals surface area contributed by atoms with Gasteiger partial charge in [-0.25, -0.2) is 4.98 Å². The molecule has 0 amide bonds. The molecule has 0 spiro atoms. The number of methoxy groups -OCH3 is 2. The largest absolute Gasteiger partial charge is 0.494 e. The first-order chi connectivity index (χ1) is 15.6. The van der Waals surface area contributed by atoms with Gasteiger partial charge in [-0.15, -0.1) is 0 Å². The number of likely N-dealkylation sites (tertiary alicyclic amines) is 1. The van der Waals surface area contributed by atoms with E-state index in [1.54, 1.807) is 13.3 Å². The Hall–Kier alpha value is -2.38. The molecule has 1 aromatic carbocycles. The fourth-order valence-corrected chi connectivity index (χ4v) is 6.06. The summed E-state index contributed by atoms with van der Waals surface area (Å²) in [6, 6.07) is 4.86. The standard InChI is InChI=1S/C25H33N3O4/c1-4-32-22-11-17-7-5-6-16(17)10-19(22)14-28-13-18-8-9-25(29,21(18)15-28)20-12-26-24(31-3)27-23(20)30-2/h10-12,18,21,29H,4-9,13-15H2,1-3H3/t18-,21+,25+/m0/s1. The van der Waals surface area contributed by atoms with Crippen LogP contribution in [0.2, 0.25) is 0 Å². The molecule has 1 saturated heterocycles. The molecule has 2 aliphatic carbocycles. The fourth-order valence-electron chi connectivity index (χ4n) is 6.06. The van der Waals surface area contributed by atoms with Crippen LogP contribution in [-0.2, 0) is 25.0 Å². The summed E-state index contributed by atoms with van der Waals surface area (Å²) in [7, 11) is 3.10. The predicted molar refractivity (Wildman–Crippen MR) is 120 cm³/mol. The fraction of sp³-hybridized carbons (Fsp3) is 0.600. The van der Waals surface area contributed by atoms with E-state index in [1.807, 2.05) is 6.92 Å².